The minimum atomic E-state index is -0.402. The summed E-state index contributed by atoms with van der Waals surface area (Å²) in [5.41, 5.74) is 2.14. The smallest absolute Gasteiger partial charge is 0.279 e. The Bertz CT molecular complexity index is 1170. The molecule has 32 heavy (non-hydrogen) atoms. The molecule has 2 amide bonds. The summed E-state index contributed by atoms with van der Waals surface area (Å²) in [6.07, 6.45) is 0.666. The van der Waals surface area contributed by atoms with Gasteiger partial charge in [-0.05, 0) is 54.4 Å². The first-order chi connectivity index (χ1) is 15.4. The Hall–Kier alpha value is -3.59. The van der Waals surface area contributed by atoms with Crippen LogP contribution in [0.2, 0.25) is 0 Å². The van der Waals surface area contributed by atoms with Crippen molar-refractivity contribution in [3.63, 3.8) is 0 Å². The van der Waals surface area contributed by atoms with Gasteiger partial charge in [0.25, 0.3) is 5.91 Å². The third kappa shape index (κ3) is 5.55. The molecule has 0 aliphatic rings. The summed E-state index contributed by atoms with van der Waals surface area (Å²) in [7, 11) is 3.04. The molecule has 168 valence electrons. The number of amides is 2. The van der Waals surface area contributed by atoms with E-state index in [1.807, 2.05) is 22.1 Å². The number of aromatic nitrogens is 1. The van der Waals surface area contributed by atoms with Crippen LogP contribution < -0.4 is 19.6 Å². The summed E-state index contributed by atoms with van der Waals surface area (Å²) >= 11 is 1.35. The van der Waals surface area contributed by atoms with Gasteiger partial charge in [-0.1, -0.05) is 0 Å². The average Bonchev–Trinajstić information content (AvgIpc) is 3.18. The number of carbonyl (C=O) groups is 2. The van der Waals surface area contributed by atoms with Crippen molar-refractivity contribution in [1.82, 2.24) is 9.88 Å². The lowest BCUT2D eigenvalue weighted by Gasteiger charge is -2.10. The third-order valence-corrected chi connectivity index (χ3v) is 5.58. The standard InChI is InChI=1S/C23H25N3O5S/c1-15(27)24-11-4-12-26-19(16-5-8-18(28)9-6-16)14-32-23(26)25-22(29)17-7-10-20(30-2)21(13-17)31-3/h5-10,13-14,28H,4,11-12H2,1-3H3,(H,24,27). The minimum Gasteiger partial charge on any atom is -0.508 e. The van der Waals surface area contributed by atoms with Gasteiger partial charge in [-0.2, -0.15) is 4.99 Å². The van der Waals surface area contributed by atoms with Gasteiger partial charge in [0.2, 0.25) is 5.91 Å². The van der Waals surface area contributed by atoms with Crippen LogP contribution in [-0.2, 0) is 11.3 Å². The highest BCUT2D eigenvalue weighted by molar-refractivity contribution is 7.07. The van der Waals surface area contributed by atoms with Gasteiger partial charge in [0.05, 0.1) is 19.9 Å². The Morgan fingerprint density at radius 3 is 2.47 bits per heavy atom. The maximum Gasteiger partial charge on any atom is 0.279 e. The highest BCUT2D eigenvalue weighted by Crippen LogP contribution is 2.28. The second-order valence-electron chi connectivity index (χ2n) is 6.93. The van der Waals surface area contributed by atoms with Crippen LogP contribution in [0.3, 0.4) is 0 Å². The molecule has 0 bridgehead atoms. The molecule has 0 unspecified atom stereocenters. The molecule has 0 aliphatic carbocycles. The first kappa shape index (κ1) is 23.1. The molecule has 9 heteroatoms. The second-order valence-corrected chi connectivity index (χ2v) is 7.76. The predicted octanol–water partition coefficient (Wildman–Crippen LogP) is 3.21. The number of hydrogen-bond donors (Lipinski definition) is 2. The van der Waals surface area contributed by atoms with Crippen LogP contribution in [0.4, 0.5) is 0 Å². The number of methoxy groups -OCH3 is 2. The quantitative estimate of drug-likeness (QED) is 0.508. The van der Waals surface area contributed by atoms with Gasteiger partial charge in [-0.25, -0.2) is 0 Å². The maximum absolute atomic E-state index is 12.9. The molecule has 0 aliphatic heterocycles. The average molecular weight is 456 g/mol. The Kier molecular flexibility index (Phi) is 7.67. The van der Waals surface area contributed by atoms with Crippen molar-refractivity contribution in [2.45, 2.75) is 19.9 Å². The van der Waals surface area contributed by atoms with E-state index in [0.717, 1.165) is 11.3 Å². The van der Waals surface area contributed by atoms with Crippen molar-refractivity contribution >= 4 is 23.2 Å². The van der Waals surface area contributed by atoms with Crippen LogP contribution in [0, 0.1) is 0 Å². The molecule has 2 aromatic carbocycles. The first-order valence-electron chi connectivity index (χ1n) is 9.96. The van der Waals surface area contributed by atoms with Gasteiger partial charge in [0.1, 0.15) is 5.75 Å². The van der Waals surface area contributed by atoms with Gasteiger partial charge < -0.3 is 24.5 Å². The molecular weight excluding hydrogens is 430 g/mol. The zero-order valence-electron chi connectivity index (χ0n) is 18.1. The van der Waals surface area contributed by atoms with Crippen molar-refractivity contribution in [1.29, 1.82) is 0 Å². The number of phenols is 1. The number of ether oxygens (including phenoxy) is 2. The molecule has 8 nitrogen and oxygen atoms in total. The third-order valence-electron chi connectivity index (χ3n) is 4.72. The van der Waals surface area contributed by atoms with E-state index in [1.165, 1.54) is 32.5 Å². The number of nitrogens with one attached hydrogen (secondary N) is 1. The van der Waals surface area contributed by atoms with Crippen molar-refractivity contribution in [2.24, 2.45) is 4.99 Å². The van der Waals surface area contributed by atoms with Crippen LogP contribution in [-0.4, -0.2) is 42.3 Å². The summed E-state index contributed by atoms with van der Waals surface area (Å²) in [6.45, 7) is 2.54. The maximum atomic E-state index is 12.9. The van der Waals surface area contributed by atoms with Crippen LogP contribution in [0.15, 0.2) is 52.8 Å². The largest absolute Gasteiger partial charge is 0.508 e. The number of rotatable bonds is 8. The fourth-order valence-electron chi connectivity index (χ4n) is 3.12. The lowest BCUT2D eigenvalue weighted by molar-refractivity contribution is -0.118. The Morgan fingerprint density at radius 2 is 1.81 bits per heavy atom. The SMILES string of the molecule is COc1ccc(C(=O)N=c2scc(-c3ccc(O)cc3)n2CCCNC(C)=O)cc1OC. The highest BCUT2D eigenvalue weighted by Gasteiger charge is 2.13. The predicted molar refractivity (Wildman–Crippen MR) is 122 cm³/mol. The number of carbonyl (C=O) groups excluding carboxylic acids is 2. The topological polar surface area (TPSA) is 102 Å². The van der Waals surface area contributed by atoms with Gasteiger partial charge >= 0.3 is 0 Å². The monoisotopic (exact) mass is 455 g/mol. The molecule has 0 saturated carbocycles. The van der Waals surface area contributed by atoms with Crippen LogP contribution >= 0.6 is 11.3 Å². The summed E-state index contributed by atoms with van der Waals surface area (Å²) in [6, 6.07) is 11.7. The molecule has 0 atom stereocenters. The van der Waals surface area contributed by atoms with E-state index in [9.17, 15) is 14.7 Å². The van der Waals surface area contributed by atoms with E-state index in [0.29, 0.717) is 41.4 Å². The van der Waals surface area contributed by atoms with Crippen LogP contribution in [0.1, 0.15) is 23.7 Å². The van der Waals surface area contributed by atoms with Crippen molar-refractivity contribution in [3.05, 3.63) is 58.2 Å². The fraction of sp³-hybridized carbons (Fsp3) is 0.261. The lowest BCUT2D eigenvalue weighted by atomic mass is 10.1. The van der Waals surface area contributed by atoms with E-state index in [4.69, 9.17) is 9.47 Å². The molecule has 3 rings (SSSR count). The molecule has 0 fully saturated rings. The molecule has 0 saturated heterocycles. The normalized spacial score (nSPS) is 11.3. The van der Waals surface area contributed by atoms with E-state index in [2.05, 4.69) is 10.3 Å². The number of thiazole rings is 1. The number of aromatic hydroxyl groups is 1. The Balaban J connectivity index is 1.97. The Labute approximate surface area is 189 Å². The number of phenolic OH excluding ortho intramolecular Hbond substituents is 1. The van der Waals surface area contributed by atoms with Crippen molar-refractivity contribution < 1.29 is 24.2 Å². The van der Waals surface area contributed by atoms with Gasteiger partial charge in [0.15, 0.2) is 16.3 Å². The molecule has 0 spiro atoms. The van der Waals surface area contributed by atoms with E-state index in [-0.39, 0.29) is 11.7 Å². The van der Waals surface area contributed by atoms with Gasteiger partial charge in [-0.15, -0.1) is 11.3 Å². The van der Waals surface area contributed by atoms with E-state index >= 15 is 0 Å². The van der Waals surface area contributed by atoms with E-state index < -0.39 is 5.91 Å². The van der Waals surface area contributed by atoms with Crippen molar-refractivity contribution in [3.8, 4) is 28.5 Å². The van der Waals surface area contributed by atoms with Crippen molar-refractivity contribution in [2.75, 3.05) is 20.8 Å². The number of hydrogen-bond acceptors (Lipinski definition) is 6. The van der Waals surface area contributed by atoms with Gasteiger partial charge in [-0.3, -0.25) is 9.59 Å². The number of nitrogens with zero attached hydrogens (tertiary/aromatic N) is 2. The molecular formula is C23H25N3O5S. The Morgan fingerprint density at radius 1 is 1.09 bits per heavy atom. The van der Waals surface area contributed by atoms with Crippen LogP contribution in [0.25, 0.3) is 11.3 Å². The molecule has 1 aromatic heterocycles. The highest BCUT2D eigenvalue weighted by atomic mass is 32.1. The fourth-order valence-corrected chi connectivity index (χ4v) is 4.05. The molecule has 2 N–H and O–H groups in total. The minimum absolute atomic E-state index is 0.0902. The lowest BCUT2D eigenvalue weighted by Crippen LogP contribution is -2.24. The zero-order chi connectivity index (χ0) is 23.1. The summed E-state index contributed by atoms with van der Waals surface area (Å²) in [5.74, 6) is 0.665. The molecule has 0 radical (unpaired) electrons. The molecule has 3 aromatic rings. The number of benzene rings is 2. The summed E-state index contributed by atoms with van der Waals surface area (Å²) < 4.78 is 12.4. The first-order valence-corrected chi connectivity index (χ1v) is 10.8. The summed E-state index contributed by atoms with van der Waals surface area (Å²) in [5, 5.41) is 14.3. The van der Waals surface area contributed by atoms with Gasteiger partial charge in [0, 0.05) is 31.0 Å². The van der Waals surface area contributed by atoms with Crippen LogP contribution in [0.5, 0.6) is 17.2 Å². The summed E-state index contributed by atoms with van der Waals surface area (Å²) in [4.78, 5) is 28.9. The van der Waals surface area contributed by atoms with E-state index in [1.54, 1.807) is 30.3 Å². The zero-order valence-corrected chi connectivity index (χ0v) is 18.9. The molecule has 1 heterocycles. The second kappa shape index (κ2) is 10.6.